The minimum atomic E-state index is -0.680. The van der Waals surface area contributed by atoms with Crippen LogP contribution in [0.15, 0.2) is 0 Å². The van der Waals surface area contributed by atoms with E-state index in [2.05, 4.69) is 4.74 Å². The molecule has 0 aromatic heterocycles. The summed E-state index contributed by atoms with van der Waals surface area (Å²) in [6.07, 6.45) is 1.17. The molecule has 0 aliphatic heterocycles. The van der Waals surface area contributed by atoms with Crippen LogP contribution in [0.5, 0.6) is 0 Å². The minimum absolute atomic E-state index is 0.136. The van der Waals surface area contributed by atoms with Crippen LogP contribution in [0.1, 0.15) is 19.8 Å². The molecule has 0 aliphatic rings. The predicted octanol–water partition coefficient (Wildman–Crippen LogP) is 2.13. The van der Waals surface area contributed by atoms with Crippen LogP contribution in [-0.2, 0) is 9.53 Å². The van der Waals surface area contributed by atoms with Gasteiger partial charge in [0.25, 0.3) is 0 Å². The van der Waals surface area contributed by atoms with Crippen LogP contribution >= 0.6 is 23.2 Å². The second kappa shape index (κ2) is 5.81. The van der Waals surface area contributed by atoms with Crippen molar-refractivity contribution in [1.82, 2.24) is 0 Å². The number of esters is 1. The van der Waals surface area contributed by atoms with E-state index in [1.54, 1.807) is 0 Å². The standard InChI is InChI=1S/C6H10Cl2O2/c1-2-3-6(9)10-5(8)4-7/h5H,2-4H2,1H3. The summed E-state index contributed by atoms with van der Waals surface area (Å²) in [5.74, 6) is -0.153. The van der Waals surface area contributed by atoms with Crippen LogP contribution in [0.25, 0.3) is 0 Å². The van der Waals surface area contributed by atoms with Gasteiger partial charge in [0.1, 0.15) is 0 Å². The zero-order valence-electron chi connectivity index (χ0n) is 5.77. The maximum Gasteiger partial charge on any atom is 0.307 e. The lowest BCUT2D eigenvalue weighted by atomic mass is 10.3. The van der Waals surface area contributed by atoms with Crippen molar-refractivity contribution in [3.8, 4) is 0 Å². The van der Waals surface area contributed by atoms with Gasteiger partial charge in [0.05, 0.1) is 5.88 Å². The van der Waals surface area contributed by atoms with E-state index < -0.39 is 5.56 Å². The molecule has 0 bridgehead atoms. The van der Waals surface area contributed by atoms with Crippen molar-refractivity contribution in [2.45, 2.75) is 25.3 Å². The third kappa shape index (κ3) is 4.89. The van der Waals surface area contributed by atoms with Crippen molar-refractivity contribution in [3.05, 3.63) is 0 Å². The highest BCUT2D eigenvalue weighted by molar-refractivity contribution is 6.27. The van der Waals surface area contributed by atoms with Gasteiger partial charge in [-0.25, -0.2) is 0 Å². The number of alkyl halides is 2. The fourth-order valence-electron chi connectivity index (χ4n) is 0.437. The van der Waals surface area contributed by atoms with Crippen molar-refractivity contribution >= 4 is 29.2 Å². The molecule has 0 fully saturated rings. The Bertz CT molecular complexity index is 106. The Kier molecular flexibility index (Phi) is 5.84. The number of rotatable bonds is 4. The third-order valence-corrected chi connectivity index (χ3v) is 1.52. The fraction of sp³-hybridized carbons (Fsp3) is 0.833. The highest BCUT2D eigenvalue weighted by atomic mass is 35.5. The van der Waals surface area contributed by atoms with Crippen LogP contribution in [0.4, 0.5) is 0 Å². The van der Waals surface area contributed by atoms with Gasteiger partial charge in [-0.1, -0.05) is 18.5 Å². The van der Waals surface area contributed by atoms with E-state index in [1.165, 1.54) is 0 Å². The van der Waals surface area contributed by atoms with E-state index in [4.69, 9.17) is 23.2 Å². The van der Waals surface area contributed by atoms with Gasteiger partial charge in [0.15, 0.2) is 5.56 Å². The Morgan fingerprint density at radius 2 is 2.30 bits per heavy atom. The van der Waals surface area contributed by atoms with Crippen LogP contribution in [0.2, 0.25) is 0 Å². The van der Waals surface area contributed by atoms with Crippen LogP contribution in [0, 0.1) is 0 Å². The minimum Gasteiger partial charge on any atom is -0.445 e. The molecule has 0 aromatic carbocycles. The summed E-state index contributed by atoms with van der Waals surface area (Å²) in [5, 5.41) is 0. The average Bonchev–Trinajstić information content (AvgIpc) is 1.88. The molecule has 0 spiro atoms. The van der Waals surface area contributed by atoms with Crippen LogP contribution < -0.4 is 0 Å². The van der Waals surface area contributed by atoms with E-state index in [9.17, 15) is 4.79 Å². The molecule has 0 radical (unpaired) electrons. The topological polar surface area (TPSA) is 26.3 Å². The second-order valence-electron chi connectivity index (χ2n) is 1.80. The molecule has 10 heavy (non-hydrogen) atoms. The monoisotopic (exact) mass is 184 g/mol. The second-order valence-corrected chi connectivity index (χ2v) is 2.60. The quantitative estimate of drug-likeness (QED) is 0.495. The lowest BCUT2D eigenvalue weighted by molar-refractivity contribution is -0.144. The molecular formula is C6H10Cl2O2. The van der Waals surface area contributed by atoms with Crippen molar-refractivity contribution in [2.24, 2.45) is 0 Å². The number of carbonyl (C=O) groups is 1. The first-order valence-electron chi connectivity index (χ1n) is 3.10. The van der Waals surface area contributed by atoms with Crippen molar-refractivity contribution in [2.75, 3.05) is 5.88 Å². The Morgan fingerprint density at radius 1 is 1.70 bits per heavy atom. The molecule has 0 aromatic rings. The molecule has 0 rings (SSSR count). The summed E-state index contributed by atoms with van der Waals surface area (Å²) in [7, 11) is 0. The SMILES string of the molecule is CCCC(=O)OC(Cl)CCl. The Hall–Kier alpha value is 0.0500. The van der Waals surface area contributed by atoms with Gasteiger partial charge in [0.2, 0.25) is 0 Å². The highest BCUT2D eigenvalue weighted by Gasteiger charge is 2.07. The van der Waals surface area contributed by atoms with Gasteiger partial charge in [-0.2, -0.15) is 0 Å². The zero-order valence-corrected chi connectivity index (χ0v) is 7.28. The van der Waals surface area contributed by atoms with Gasteiger partial charge in [0, 0.05) is 6.42 Å². The van der Waals surface area contributed by atoms with Gasteiger partial charge in [-0.15, -0.1) is 11.6 Å². The van der Waals surface area contributed by atoms with E-state index in [1.807, 2.05) is 6.92 Å². The molecule has 0 aliphatic carbocycles. The molecule has 60 valence electrons. The first kappa shape index (κ1) is 10.0. The Labute approximate surface area is 70.4 Å². The Morgan fingerprint density at radius 3 is 2.70 bits per heavy atom. The number of halogens is 2. The maximum absolute atomic E-state index is 10.6. The molecule has 4 heteroatoms. The first-order chi connectivity index (χ1) is 4.70. The van der Waals surface area contributed by atoms with Crippen LogP contribution in [-0.4, -0.2) is 17.4 Å². The zero-order chi connectivity index (χ0) is 7.98. The molecule has 2 nitrogen and oxygen atoms in total. The largest absolute Gasteiger partial charge is 0.445 e. The molecule has 0 heterocycles. The number of carbonyl (C=O) groups excluding carboxylic acids is 1. The predicted molar refractivity (Wildman–Crippen MR) is 41.4 cm³/mol. The van der Waals surface area contributed by atoms with E-state index in [0.29, 0.717) is 6.42 Å². The summed E-state index contributed by atoms with van der Waals surface area (Å²) in [6, 6.07) is 0. The molecule has 1 unspecified atom stereocenters. The normalized spacial score (nSPS) is 12.7. The first-order valence-corrected chi connectivity index (χ1v) is 4.07. The van der Waals surface area contributed by atoms with E-state index in [-0.39, 0.29) is 11.8 Å². The fourth-order valence-corrected chi connectivity index (χ4v) is 0.600. The lowest BCUT2D eigenvalue weighted by Crippen LogP contribution is -2.13. The summed E-state index contributed by atoms with van der Waals surface area (Å²) in [6.45, 7) is 1.89. The number of ether oxygens (including phenoxy) is 1. The van der Waals surface area contributed by atoms with Gasteiger partial charge >= 0.3 is 5.97 Å². The summed E-state index contributed by atoms with van der Waals surface area (Å²) in [5.41, 5.74) is -0.680. The molecule has 0 N–H and O–H groups in total. The van der Waals surface area contributed by atoms with Crippen LogP contribution in [0.3, 0.4) is 0 Å². The lowest BCUT2D eigenvalue weighted by Gasteiger charge is -2.06. The summed E-state index contributed by atoms with van der Waals surface area (Å²) in [4.78, 5) is 10.6. The molecule has 1 atom stereocenters. The van der Waals surface area contributed by atoms with Gasteiger partial charge in [-0.3, -0.25) is 4.79 Å². The molecular weight excluding hydrogens is 175 g/mol. The maximum atomic E-state index is 10.6. The van der Waals surface area contributed by atoms with E-state index >= 15 is 0 Å². The van der Waals surface area contributed by atoms with Gasteiger partial charge in [-0.05, 0) is 6.42 Å². The summed E-state index contributed by atoms with van der Waals surface area (Å²) < 4.78 is 4.63. The van der Waals surface area contributed by atoms with Crippen molar-refractivity contribution in [3.63, 3.8) is 0 Å². The third-order valence-electron chi connectivity index (χ3n) is 0.835. The number of hydrogen-bond donors (Lipinski definition) is 0. The van der Waals surface area contributed by atoms with Crippen molar-refractivity contribution < 1.29 is 9.53 Å². The van der Waals surface area contributed by atoms with Crippen molar-refractivity contribution in [1.29, 1.82) is 0 Å². The Balaban J connectivity index is 3.37. The summed E-state index contributed by atoms with van der Waals surface area (Å²) >= 11 is 10.7. The van der Waals surface area contributed by atoms with Gasteiger partial charge < -0.3 is 4.74 Å². The smallest absolute Gasteiger partial charge is 0.307 e. The molecule has 0 saturated heterocycles. The molecule has 0 saturated carbocycles. The molecule has 0 amide bonds. The number of hydrogen-bond acceptors (Lipinski definition) is 2. The average molecular weight is 185 g/mol. The van der Waals surface area contributed by atoms with E-state index in [0.717, 1.165) is 6.42 Å². The highest BCUT2D eigenvalue weighted by Crippen LogP contribution is 2.03.